The summed E-state index contributed by atoms with van der Waals surface area (Å²) in [7, 11) is 0. The van der Waals surface area contributed by atoms with Crippen molar-refractivity contribution in [3.8, 4) is 0 Å². The number of rotatable bonds is 9. The summed E-state index contributed by atoms with van der Waals surface area (Å²) in [6.45, 7) is 3.69. The normalized spacial score (nSPS) is 10.2. The number of aryl methyl sites for hydroxylation is 1. The Bertz CT molecular complexity index is 803. The number of thioether (sulfide) groups is 1. The van der Waals surface area contributed by atoms with E-state index in [4.69, 9.17) is 9.47 Å². The Balaban J connectivity index is 1.67. The molecule has 28 heavy (non-hydrogen) atoms. The van der Waals surface area contributed by atoms with E-state index in [0.29, 0.717) is 23.6 Å². The molecule has 0 aliphatic heterocycles. The van der Waals surface area contributed by atoms with Gasteiger partial charge in [-0.15, -0.1) is 11.8 Å². The Morgan fingerprint density at radius 2 is 1.64 bits per heavy atom. The van der Waals surface area contributed by atoms with Gasteiger partial charge in [0.05, 0.1) is 17.9 Å². The van der Waals surface area contributed by atoms with Crippen molar-refractivity contribution in [3.63, 3.8) is 0 Å². The van der Waals surface area contributed by atoms with E-state index in [1.165, 1.54) is 17.3 Å². The van der Waals surface area contributed by atoms with Crippen molar-refractivity contribution in [2.75, 3.05) is 24.3 Å². The lowest BCUT2D eigenvalue weighted by Gasteiger charge is -2.08. The molecule has 0 aromatic heterocycles. The number of amides is 1. The molecule has 1 N–H and O–H groups in total. The first-order valence-electron chi connectivity index (χ1n) is 8.84. The van der Waals surface area contributed by atoms with Crippen molar-refractivity contribution >= 4 is 35.3 Å². The van der Waals surface area contributed by atoms with Crippen molar-refractivity contribution in [2.24, 2.45) is 0 Å². The van der Waals surface area contributed by atoms with Crippen LogP contribution in [0.5, 0.6) is 0 Å². The molecule has 1 amide bonds. The third-order valence-electron chi connectivity index (χ3n) is 3.65. The first-order valence-corrected chi connectivity index (χ1v) is 9.99. The zero-order valence-electron chi connectivity index (χ0n) is 15.9. The van der Waals surface area contributed by atoms with E-state index in [1.807, 2.05) is 31.2 Å². The lowest BCUT2D eigenvalue weighted by Crippen LogP contribution is -2.21. The van der Waals surface area contributed by atoms with Gasteiger partial charge >= 0.3 is 11.9 Å². The van der Waals surface area contributed by atoms with E-state index in [-0.39, 0.29) is 12.4 Å². The summed E-state index contributed by atoms with van der Waals surface area (Å²) < 4.78 is 9.87. The number of benzene rings is 2. The molecule has 0 bridgehead atoms. The zero-order chi connectivity index (χ0) is 20.4. The van der Waals surface area contributed by atoms with E-state index in [1.54, 1.807) is 31.2 Å². The summed E-state index contributed by atoms with van der Waals surface area (Å²) in [4.78, 5) is 35.2. The fraction of sp³-hybridized carbons (Fsp3) is 0.286. The predicted molar refractivity (Wildman–Crippen MR) is 109 cm³/mol. The monoisotopic (exact) mass is 401 g/mol. The Kier molecular flexibility index (Phi) is 8.55. The van der Waals surface area contributed by atoms with Gasteiger partial charge in [0.1, 0.15) is 0 Å². The molecule has 7 heteroatoms. The summed E-state index contributed by atoms with van der Waals surface area (Å²) in [5.41, 5.74) is 3.22. The van der Waals surface area contributed by atoms with E-state index >= 15 is 0 Å². The number of hydrogen-bond acceptors (Lipinski definition) is 6. The molecule has 0 aliphatic carbocycles. The van der Waals surface area contributed by atoms with Gasteiger partial charge in [-0.1, -0.05) is 29.8 Å². The van der Waals surface area contributed by atoms with Crippen LogP contribution in [-0.2, 0) is 24.8 Å². The van der Waals surface area contributed by atoms with Gasteiger partial charge < -0.3 is 14.8 Å². The lowest BCUT2D eigenvalue weighted by atomic mass is 10.2. The van der Waals surface area contributed by atoms with Gasteiger partial charge in [-0.25, -0.2) is 4.79 Å². The van der Waals surface area contributed by atoms with Crippen molar-refractivity contribution in [3.05, 3.63) is 65.2 Å². The van der Waals surface area contributed by atoms with Crippen LogP contribution in [0.2, 0.25) is 0 Å². The van der Waals surface area contributed by atoms with E-state index in [2.05, 4.69) is 5.32 Å². The van der Waals surface area contributed by atoms with Gasteiger partial charge in [0, 0.05) is 11.4 Å². The number of hydrogen-bond donors (Lipinski definition) is 1. The topological polar surface area (TPSA) is 81.7 Å². The van der Waals surface area contributed by atoms with Crippen molar-refractivity contribution in [1.29, 1.82) is 0 Å². The van der Waals surface area contributed by atoms with Crippen LogP contribution in [0, 0.1) is 6.92 Å². The first-order chi connectivity index (χ1) is 13.5. The van der Waals surface area contributed by atoms with Crippen LogP contribution in [0.4, 0.5) is 5.69 Å². The number of nitrogens with one attached hydrogen (secondary N) is 1. The standard InChI is InChI=1S/C21H23NO5S/c1-3-26-21(25)17-8-10-18(11-9-17)22-19(23)12-27-20(24)14-28-13-16-6-4-15(2)5-7-16/h4-11H,3,12-14H2,1-2H3,(H,22,23). The fourth-order valence-electron chi connectivity index (χ4n) is 2.23. The Morgan fingerprint density at radius 1 is 0.964 bits per heavy atom. The smallest absolute Gasteiger partial charge is 0.338 e. The maximum Gasteiger partial charge on any atom is 0.338 e. The molecule has 0 atom stereocenters. The molecule has 0 saturated heterocycles. The van der Waals surface area contributed by atoms with E-state index in [0.717, 1.165) is 5.56 Å². The molecular formula is C21H23NO5S. The molecule has 2 aromatic carbocycles. The number of esters is 2. The predicted octanol–water partition coefficient (Wildman–Crippen LogP) is 3.59. The zero-order valence-corrected chi connectivity index (χ0v) is 16.7. The highest BCUT2D eigenvalue weighted by Gasteiger charge is 2.10. The summed E-state index contributed by atoms with van der Waals surface area (Å²) in [5, 5.41) is 2.61. The van der Waals surface area contributed by atoms with E-state index in [9.17, 15) is 14.4 Å². The van der Waals surface area contributed by atoms with E-state index < -0.39 is 17.8 Å². The highest BCUT2D eigenvalue weighted by Crippen LogP contribution is 2.13. The van der Waals surface area contributed by atoms with Crippen molar-refractivity contribution < 1.29 is 23.9 Å². The highest BCUT2D eigenvalue weighted by molar-refractivity contribution is 7.99. The van der Waals surface area contributed by atoms with Gasteiger partial charge in [-0.2, -0.15) is 0 Å². The summed E-state index contributed by atoms with van der Waals surface area (Å²) in [6.07, 6.45) is 0. The fourth-order valence-corrected chi connectivity index (χ4v) is 3.01. The molecule has 0 aliphatic rings. The molecule has 0 radical (unpaired) electrons. The molecule has 0 saturated carbocycles. The molecule has 6 nitrogen and oxygen atoms in total. The highest BCUT2D eigenvalue weighted by atomic mass is 32.2. The largest absolute Gasteiger partial charge is 0.462 e. The van der Waals surface area contributed by atoms with Gasteiger partial charge in [-0.3, -0.25) is 9.59 Å². The quantitative estimate of drug-likeness (QED) is 0.647. The number of ether oxygens (including phenoxy) is 2. The Labute approximate surface area is 168 Å². The first kappa shape index (κ1) is 21.5. The van der Waals surface area contributed by atoms with Crippen LogP contribution >= 0.6 is 11.8 Å². The minimum Gasteiger partial charge on any atom is -0.462 e. The Morgan fingerprint density at radius 3 is 2.29 bits per heavy atom. The second-order valence-corrected chi connectivity index (χ2v) is 6.97. The Hall–Kier alpha value is -2.80. The number of anilines is 1. The number of carbonyl (C=O) groups is 3. The molecule has 148 valence electrons. The molecule has 2 aromatic rings. The maximum atomic E-state index is 11.9. The van der Waals surface area contributed by atoms with Gasteiger partial charge in [-0.05, 0) is 43.7 Å². The minimum atomic E-state index is -0.444. The number of carbonyl (C=O) groups excluding carboxylic acids is 3. The van der Waals surface area contributed by atoms with Gasteiger partial charge in [0.15, 0.2) is 6.61 Å². The molecular weight excluding hydrogens is 378 g/mol. The van der Waals surface area contributed by atoms with Crippen LogP contribution in [0.25, 0.3) is 0 Å². The minimum absolute atomic E-state index is 0.176. The van der Waals surface area contributed by atoms with Gasteiger partial charge in [0.25, 0.3) is 5.91 Å². The summed E-state index contributed by atoms with van der Waals surface area (Å²) in [6, 6.07) is 14.4. The third kappa shape index (κ3) is 7.44. The summed E-state index contributed by atoms with van der Waals surface area (Å²) in [5.74, 6) is -0.424. The van der Waals surface area contributed by atoms with Crippen LogP contribution in [0.15, 0.2) is 48.5 Å². The average Bonchev–Trinajstić information content (AvgIpc) is 2.69. The van der Waals surface area contributed by atoms with Crippen molar-refractivity contribution in [2.45, 2.75) is 19.6 Å². The maximum absolute atomic E-state index is 11.9. The van der Waals surface area contributed by atoms with Crippen LogP contribution in [0.3, 0.4) is 0 Å². The van der Waals surface area contributed by atoms with Crippen molar-refractivity contribution in [1.82, 2.24) is 0 Å². The second kappa shape index (κ2) is 11.1. The molecule has 0 unspecified atom stereocenters. The second-order valence-electron chi connectivity index (χ2n) is 5.99. The van der Waals surface area contributed by atoms with Crippen LogP contribution < -0.4 is 5.32 Å². The van der Waals surface area contributed by atoms with Crippen LogP contribution in [-0.4, -0.2) is 36.8 Å². The van der Waals surface area contributed by atoms with Gasteiger partial charge in [0.2, 0.25) is 0 Å². The molecule has 2 rings (SSSR count). The van der Waals surface area contributed by atoms with Crippen LogP contribution in [0.1, 0.15) is 28.4 Å². The third-order valence-corrected chi connectivity index (χ3v) is 4.63. The molecule has 0 heterocycles. The summed E-state index contributed by atoms with van der Waals surface area (Å²) >= 11 is 1.43. The SMILES string of the molecule is CCOC(=O)c1ccc(NC(=O)COC(=O)CSCc2ccc(C)cc2)cc1. The molecule has 0 spiro atoms. The average molecular weight is 401 g/mol. The lowest BCUT2D eigenvalue weighted by molar-refractivity contribution is -0.144. The molecule has 0 fully saturated rings.